The number of benzene rings is 2. The van der Waals surface area contributed by atoms with Gasteiger partial charge in [-0.3, -0.25) is 9.59 Å². The standard InChI is InChI=1S/C19H22N2O4/c1-14(22)20-16-9-5-7-11-18(16)25-13-19(23)21(2)12-15-8-4-6-10-17(15)24-3/h4-11H,12-13H2,1-3H3,(H,20,22). The molecule has 0 radical (unpaired) electrons. The van der Waals surface area contributed by atoms with Gasteiger partial charge in [0.25, 0.3) is 5.91 Å². The average molecular weight is 342 g/mol. The van der Waals surface area contributed by atoms with Gasteiger partial charge in [0.1, 0.15) is 11.5 Å². The predicted molar refractivity (Wildman–Crippen MR) is 95.7 cm³/mol. The lowest BCUT2D eigenvalue weighted by molar-refractivity contribution is -0.132. The number of rotatable bonds is 7. The molecule has 2 aromatic carbocycles. The molecular weight excluding hydrogens is 320 g/mol. The van der Waals surface area contributed by atoms with E-state index in [1.807, 2.05) is 24.3 Å². The maximum absolute atomic E-state index is 12.3. The van der Waals surface area contributed by atoms with Gasteiger partial charge in [-0.05, 0) is 18.2 Å². The molecule has 0 saturated heterocycles. The Labute approximate surface area is 147 Å². The Morgan fingerprint density at radius 2 is 1.68 bits per heavy atom. The first-order valence-corrected chi connectivity index (χ1v) is 7.86. The number of carbonyl (C=O) groups excluding carboxylic acids is 2. The number of carbonyl (C=O) groups is 2. The van der Waals surface area contributed by atoms with Gasteiger partial charge >= 0.3 is 0 Å². The first-order valence-electron chi connectivity index (χ1n) is 7.86. The van der Waals surface area contributed by atoms with E-state index < -0.39 is 0 Å². The summed E-state index contributed by atoms with van der Waals surface area (Å²) in [6, 6.07) is 14.5. The first kappa shape index (κ1) is 18.3. The third-order valence-electron chi connectivity index (χ3n) is 3.57. The van der Waals surface area contributed by atoms with Gasteiger partial charge in [-0.1, -0.05) is 30.3 Å². The van der Waals surface area contributed by atoms with E-state index in [4.69, 9.17) is 9.47 Å². The molecule has 0 aliphatic carbocycles. The quantitative estimate of drug-likeness (QED) is 0.840. The van der Waals surface area contributed by atoms with Gasteiger partial charge in [-0.15, -0.1) is 0 Å². The summed E-state index contributed by atoms with van der Waals surface area (Å²) in [5.41, 5.74) is 1.45. The van der Waals surface area contributed by atoms with Crippen LogP contribution in [0.2, 0.25) is 0 Å². The molecule has 0 heterocycles. The van der Waals surface area contributed by atoms with Crippen LogP contribution in [0.3, 0.4) is 0 Å². The molecule has 25 heavy (non-hydrogen) atoms. The summed E-state index contributed by atoms with van der Waals surface area (Å²) in [7, 11) is 3.31. The number of likely N-dealkylation sites (N-methyl/N-ethyl adjacent to an activating group) is 1. The molecular formula is C19H22N2O4. The average Bonchev–Trinajstić information content (AvgIpc) is 2.60. The van der Waals surface area contributed by atoms with Gasteiger partial charge in [0.15, 0.2) is 6.61 Å². The lowest BCUT2D eigenvalue weighted by Gasteiger charge is -2.19. The first-order chi connectivity index (χ1) is 12.0. The summed E-state index contributed by atoms with van der Waals surface area (Å²) in [6.07, 6.45) is 0. The Bertz CT molecular complexity index is 746. The zero-order valence-electron chi connectivity index (χ0n) is 14.6. The van der Waals surface area contributed by atoms with Crippen LogP contribution in [0.1, 0.15) is 12.5 Å². The molecule has 132 valence electrons. The summed E-state index contributed by atoms with van der Waals surface area (Å²) in [4.78, 5) is 25.1. The van der Waals surface area contributed by atoms with Gasteiger partial charge in [-0.25, -0.2) is 0 Å². The van der Waals surface area contributed by atoms with Crippen molar-refractivity contribution in [2.45, 2.75) is 13.5 Å². The van der Waals surface area contributed by atoms with Gasteiger partial charge in [0.05, 0.1) is 12.8 Å². The molecule has 0 aliphatic rings. The summed E-state index contributed by atoms with van der Waals surface area (Å²) in [5.74, 6) is 0.815. The zero-order valence-corrected chi connectivity index (χ0v) is 14.6. The number of ether oxygens (including phenoxy) is 2. The molecule has 2 amide bonds. The van der Waals surface area contributed by atoms with Gasteiger partial charge in [0, 0.05) is 26.1 Å². The molecule has 2 aromatic rings. The predicted octanol–water partition coefficient (Wildman–Crippen LogP) is 2.69. The Kier molecular flexibility index (Phi) is 6.39. The van der Waals surface area contributed by atoms with E-state index in [1.165, 1.54) is 6.92 Å². The molecule has 0 fully saturated rings. The maximum Gasteiger partial charge on any atom is 0.260 e. The molecule has 0 saturated carbocycles. The highest BCUT2D eigenvalue weighted by Gasteiger charge is 2.13. The maximum atomic E-state index is 12.3. The van der Waals surface area contributed by atoms with Crippen LogP contribution in [0.4, 0.5) is 5.69 Å². The molecule has 0 atom stereocenters. The Morgan fingerprint density at radius 3 is 2.36 bits per heavy atom. The SMILES string of the molecule is COc1ccccc1CN(C)C(=O)COc1ccccc1NC(C)=O. The number of nitrogens with zero attached hydrogens (tertiary/aromatic N) is 1. The number of nitrogens with one attached hydrogen (secondary N) is 1. The Hall–Kier alpha value is -3.02. The fraction of sp³-hybridized carbons (Fsp3) is 0.263. The van der Waals surface area contributed by atoms with Crippen LogP contribution in [0, 0.1) is 0 Å². The highest BCUT2D eigenvalue weighted by atomic mass is 16.5. The van der Waals surface area contributed by atoms with Crippen LogP contribution < -0.4 is 14.8 Å². The number of amides is 2. The van der Waals surface area contributed by atoms with Crippen LogP contribution in [0.25, 0.3) is 0 Å². The molecule has 0 aromatic heterocycles. The van der Waals surface area contributed by atoms with Gasteiger partial charge in [-0.2, -0.15) is 0 Å². The number of anilines is 1. The highest BCUT2D eigenvalue weighted by Crippen LogP contribution is 2.24. The van der Waals surface area contributed by atoms with E-state index in [9.17, 15) is 9.59 Å². The minimum absolute atomic E-state index is 0.123. The third-order valence-corrected chi connectivity index (χ3v) is 3.57. The largest absolute Gasteiger partial charge is 0.496 e. The van der Waals surface area contributed by atoms with E-state index in [0.29, 0.717) is 18.0 Å². The van der Waals surface area contributed by atoms with Crippen LogP contribution in [0.15, 0.2) is 48.5 Å². The van der Waals surface area contributed by atoms with Crippen molar-refractivity contribution in [3.05, 3.63) is 54.1 Å². The van der Waals surface area contributed by atoms with Crippen molar-refractivity contribution in [3.8, 4) is 11.5 Å². The van der Waals surface area contributed by atoms with Crippen molar-refractivity contribution in [2.24, 2.45) is 0 Å². The van der Waals surface area contributed by atoms with Crippen molar-refractivity contribution < 1.29 is 19.1 Å². The second-order valence-corrected chi connectivity index (χ2v) is 5.53. The monoisotopic (exact) mass is 342 g/mol. The summed E-state index contributed by atoms with van der Waals surface area (Å²) >= 11 is 0. The zero-order chi connectivity index (χ0) is 18.2. The van der Waals surface area contributed by atoms with E-state index in [2.05, 4.69) is 5.32 Å². The molecule has 0 bridgehead atoms. The summed E-state index contributed by atoms with van der Waals surface area (Å²) in [5, 5.41) is 2.68. The second kappa shape index (κ2) is 8.73. The third kappa shape index (κ3) is 5.24. The second-order valence-electron chi connectivity index (χ2n) is 5.53. The van der Waals surface area contributed by atoms with E-state index >= 15 is 0 Å². The van der Waals surface area contributed by atoms with Crippen molar-refractivity contribution in [3.63, 3.8) is 0 Å². The molecule has 0 unspecified atom stereocenters. The minimum Gasteiger partial charge on any atom is -0.496 e. The lowest BCUT2D eigenvalue weighted by atomic mass is 10.2. The van der Waals surface area contributed by atoms with Crippen molar-refractivity contribution >= 4 is 17.5 Å². The molecule has 2 rings (SSSR count). The van der Waals surface area contributed by atoms with Crippen molar-refractivity contribution in [2.75, 3.05) is 26.1 Å². The highest BCUT2D eigenvalue weighted by molar-refractivity contribution is 5.90. The van der Waals surface area contributed by atoms with E-state index in [-0.39, 0.29) is 18.4 Å². The fourth-order valence-electron chi connectivity index (χ4n) is 2.31. The van der Waals surface area contributed by atoms with Gasteiger partial charge in [0.2, 0.25) is 5.91 Å². The molecule has 0 spiro atoms. The number of methoxy groups -OCH3 is 1. The van der Waals surface area contributed by atoms with E-state index in [0.717, 1.165) is 11.3 Å². The van der Waals surface area contributed by atoms with Gasteiger partial charge < -0.3 is 19.7 Å². The molecule has 1 N–H and O–H groups in total. The van der Waals surface area contributed by atoms with Crippen molar-refractivity contribution in [1.29, 1.82) is 0 Å². The number of hydrogen-bond acceptors (Lipinski definition) is 4. The molecule has 0 aliphatic heterocycles. The van der Waals surface area contributed by atoms with Crippen LogP contribution in [0.5, 0.6) is 11.5 Å². The Morgan fingerprint density at radius 1 is 1.04 bits per heavy atom. The fourth-order valence-corrected chi connectivity index (χ4v) is 2.31. The van der Waals surface area contributed by atoms with E-state index in [1.54, 1.807) is 43.3 Å². The van der Waals surface area contributed by atoms with Crippen LogP contribution in [-0.2, 0) is 16.1 Å². The number of hydrogen-bond donors (Lipinski definition) is 1. The summed E-state index contributed by atoms with van der Waals surface area (Å²) in [6.45, 7) is 1.71. The summed E-state index contributed by atoms with van der Waals surface area (Å²) < 4.78 is 10.9. The molecule has 6 heteroatoms. The van der Waals surface area contributed by atoms with Crippen LogP contribution >= 0.6 is 0 Å². The molecule has 6 nitrogen and oxygen atoms in total. The van der Waals surface area contributed by atoms with Crippen molar-refractivity contribution in [1.82, 2.24) is 4.90 Å². The number of para-hydroxylation sites is 3. The van der Waals surface area contributed by atoms with Crippen LogP contribution in [-0.4, -0.2) is 37.5 Å². The smallest absolute Gasteiger partial charge is 0.260 e. The topological polar surface area (TPSA) is 67.9 Å². The minimum atomic E-state index is -0.198. The normalized spacial score (nSPS) is 10.0. The lowest BCUT2D eigenvalue weighted by Crippen LogP contribution is -2.31. The Balaban J connectivity index is 1.97.